The first kappa shape index (κ1) is 23.0. The van der Waals surface area contributed by atoms with Gasteiger partial charge in [-0.3, -0.25) is 9.59 Å². The molecule has 0 saturated heterocycles. The molecule has 1 N–H and O–H groups in total. The van der Waals surface area contributed by atoms with E-state index in [2.05, 4.69) is 10.3 Å². The molecule has 0 atom stereocenters. The zero-order valence-electron chi connectivity index (χ0n) is 19.3. The Morgan fingerprint density at radius 2 is 1.67 bits per heavy atom. The second-order valence-electron chi connectivity index (χ2n) is 8.01. The third kappa shape index (κ3) is 4.22. The molecule has 0 radical (unpaired) electrons. The first-order valence-corrected chi connectivity index (χ1v) is 11.3. The van der Waals surface area contributed by atoms with Crippen molar-refractivity contribution in [2.24, 2.45) is 0 Å². The van der Waals surface area contributed by atoms with Gasteiger partial charge in [0.2, 0.25) is 11.7 Å². The fraction of sp³-hybridized carbons (Fsp3) is 0.111. The van der Waals surface area contributed by atoms with E-state index >= 15 is 0 Å². The molecular formula is C27H21FN4O4. The Morgan fingerprint density at radius 1 is 0.972 bits per heavy atom. The molecule has 0 fully saturated rings. The number of anilines is 1. The largest absolute Gasteiger partial charge is 0.462 e. The summed E-state index contributed by atoms with van der Waals surface area (Å²) in [5.74, 6) is -1.10. The van der Waals surface area contributed by atoms with Crippen LogP contribution in [-0.4, -0.2) is 32.4 Å². The van der Waals surface area contributed by atoms with Crippen LogP contribution in [0.2, 0.25) is 0 Å². The first-order chi connectivity index (χ1) is 17.5. The summed E-state index contributed by atoms with van der Waals surface area (Å²) in [4.78, 5) is 43.2. The Bertz CT molecular complexity index is 1670. The van der Waals surface area contributed by atoms with Crippen LogP contribution < -0.4 is 10.9 Å². The zero-order valence-corrected chi connectivity index (χ0v) is 19.3. The minimum atomic E-state index is -0.539. The van der Waals surface area contributed by atoms with Crippen LogP contribution in [0.3, 0.4) is 0 Å². The van der Waals surface area contributed by atoms with Crippen LogP contribution in [-0.2, 0) is 16.1 Å². The van der Waals surface area contributed by atoms with Crippen molar-refractivity contribution in [3.05, 3.63) is 101 Å². The molecular weight excluding hydrogens is 463 g/mol. The van der Waals surface area contributed by atoms with Crippen molar-refractivity contribution < 1.29 is 18.7 Å². The molecule has 0 unspecified atom stereocenters. The third-order valence-corrected chi connectivity index (χ3v) is 5.69. The lowest BCUT2D eigenvalue weighted by molar-refractivity contribution is -0.116. The van der Waals surface area contributed by atoms with Crippen molar-refractivity contribution in [3.63, 3.8) is 0 Å². The lowest BCUT2D eigenvalue weighted by Crippen LogP contribution is -2.22. The summed E-state index contributed by atoms with van der Waals surface area (Å²) >= 11 is 0. The van der Waals surface area contributed by atoms with Crippen LogP contribution in [0.4, 0.5) is 10.1 Å². The Hall–Kier alpha value is -4.79. The number of halogens is 1. The minimum Gasteiger partial charge on any atom is -0.462 e. The molecule has 0 saturated carbocycles. The number of para-hydroxylation sites is 3. The lowest BCUT2D eigenvalue weighted by atomic mass is 10.1. The summed E-state index contributed by atoms with van der Waals surface area (Å²) in [5, 5.41) is 2.77. The molecule has 5 rings (SSSR count). The highest BCUT2D eigenvalue weighted by atomic mass is 19.1. The number of ether oxygens (including phenoxy) is 1. The van der Waals surface area contributed by atoms with Crippen molar-refractivity contribution in [1.82, 2.24) is 14.0 Å². The molecule has 3 aromatic carbocycles. The Kier molecular flexibility index (Phi) is 6.03. The Labute approximate surface area is 204 Å². The quantitative estimate of drug-likeness (QED) is 0.363. The van der Waals surface area contributed by atoms with E-state index in [1.54, 1.807) is 72.2 Å². The summed E-state index contributed by atoms with van der Waals surface area (Å²) in [6.45, 7) is 1.74. The lowest BCUT2D eigenvalue weighted by Gasteiger charge is -2.11. The molecule has 180 valence electrons. The molecule has 0 aliphatic carbocycles. The van der Waals surface area contributed by atoms with E-state index < -0.39 is 17.7 Å². The molecule has 0 aliphatic rings. The number of rotatable bonds is 6. The number of nitrogens with one attached hydrogen (secondary N) is 1. The van der Waals surface area contributed by atoms with Gasteiger partial charge in [0, 0.05) is 11.6 Å². The second-order valence-corrected chi connectivity index (χ2v) is 8.01. The van der Waals surface area contributed by atoms with Crippen molar-refractivity contribution >= 4 is 34.4 Å². The van der Waals surface area contributed by atoms with E-state index in [-0.39, 0.29) is 30.1 Å². The minimum absolute atomic E-state index is 0.173. The number of aromatic nitrogens is 3. The Morgan fingerprint density at radius 3 is 2.42 bits per heavy atom. The van der Waals surface area contributed by atoms with Gasteiger partial charge in [-0.1, -0.05) is 24.3 Å². The SMILES string of the molecule is CCOC(=O)c1ccccc1NC(=O)Cn1c2ccccc2n2c(=O)cc(-c3ccc(F)cc3)nc12. The summed E-state index contributed by atoms with van der Waals surface area (Å²) in [6.07, 6.45) is 0. The van der Waals surface area contributed by atoms with Crippen LogP contribution in [0.25, 0.3) is 28.1 Å². The molecule has 9 heteroatoms. The topological polar surface area (TPSA) is 94.7 Å². The van der Waals surface area contributed by atoms with Gasteiger partial charge >= 0.3 is 5.97 Å². The predicted molar refractivity (Wildman–Crippen MR) is 133 cm³/mol. The number of carbonyl (C=O) groups excluding carboxylic acids is 2. The van der Waals surface area contributed by atoms with Gasteiger partial charge in [-0.05, 0) is 55.5 Å². The molecule has 36 heavy (non-hydrogen) atoms. The van der Waals surface area contributed by atoms with E-state index in [1.165, 1.54) is 22.6 Å². The van der Waals surface area contributed by atoms with Gasteiger partial charge < -0.3 is 14.6 Å². The average molecular weight is 484 g/mol. The normalized spacial score (nSPS) is 11.1. The summed E-state index contributed by atoms with van der Waals surface area (Å²) in [7, 11) is 0. The van der Waals surface area contributed by atoms with Gasteiger partial charge in [0.25, 0.3) is 5.56 Å². The van der Waals surface area contributed by atoms with Crippen LogP contribution in [0.15, 0.2) is 83.7 Å². The van der Waals surface area contributed by atoms with Crippen molar-refractivity contribution in [2.75, 3.05) is 11.9 Å². The Balaban J connectivity index is 1.57. The van der Waals surface area contributed by atoms with Crippen molar-refractivity contribution in [2.45, 2.75) is 13.5 Å². The van der Waals surface area contributed by atoms with Gasteiger partial charge in [-0.15, -0.1) is 0 Å². The van der Waals surface area contributed by atoms with Gasteiger partial charge in [-0.25, -0.2) is 18.6 Å². The fourth-order valence-electron chi connectivity index (χ4n) is 4.10. The smallest absolute Gasteiger partial charge is 0.340 e. The first-order valence-electron chi connectivity index (χ1n) is 11.3. The van der Waals surface area contributed by atoms with E-state index in [9.17, 15) is 18.8 Å². The van der Waals surface area contributed by atoms with Gasteiger partial charge in [0.05, 0.1) is 34.6 Å². The predicted octanol–water partition coefficient (Wildman–Crippen LogP) is 4.27. The molecule has 0 aliphatic heterocycles. The van der Waals surface area contributed by atoms with Gasteiger partial charge in [0.15, 0.2) is 0 Å². The van der Waals surface area contributed by atoms with Crippen molar-refractivity contribution in [3.8, 4) is 11.3 Å². The highest BCUT2D eigenvalue weighted by molar-refractivity contribution is 6.01. The maximum Gasteiger partial charge on any atom is 0.340 e. The molecule has 8 nitrogen and oxygen atoms in total. The summed E-state index contributed by atoms with van der Waals surface area (Å²) < 4.78 is 21.6. The van der Waals surface area contributed by atoms with Crippen LogP contribution in [0.5, 0.6) is 0 Å². The zero-order chi connectivity index (χ0) is 25.2. The number of carbonyl (C=O) groups is 2. The maximum atomic E-state index is 13.4. The molecule has 2 heterocycles. The average Bonchev–Trinajstić information content (AvgIpc) is 3.18. The molecule has 0 bridgehead atoms. The van der Waals surface area contributed by atoms with Crippen LogP contribution in [0, 0.1) is 5.82 Å². The standard InChI is InChI=1S/C27H21FN4O4/c1-2-36-26(35)19-7-3-4-8-20(19)29-24(33)16-31-22-9-5-6-10-23(22)32-25(34)15-21(30-27(31)32)17-11-13-18(28)14-12-17/h3-15H,2,16H2,1H3,(H,29,33). The number of esters is 1. The molecule has 2 aromatic heterocycles. The highest BCUT2D eigenvalue weighted by Crippen LogP contribution is 2.23. The number of fused-ring (bicyclic) bond motifs is 3. The number of benzene rings is 3. The molecule has 5 aromatic rings. The second kappa shape index (κ2) is 9.46. The number of nitrogens with zero attached hydrogens (tertiary/aromatic N) is 3. The van der Waals surface area contributed by atoms with Gasteiger partial charge in [-0.2, -0.15) is 0 Å². The van der Waals surface area contributed by atoms with Gasteiger partial charge in [0.1, 0.15) is 12.4 Å². The summed E-state index contributed by atoms with van der Waals surface area (Å²) in [6, 6.07) is 20.8. The number of hydrogen-bond donors (Lipinski definition) is 1. The maximum absolute atomic E-state index is 13.4. The van der Waals surface area contributed by atoms with Crippen molar-refractivity contribution in [1.29, 1.82) is 0 Å². The highest BCUT2D eigenvalue weighted by Gasteiger charge is 2.19. The number of imidazole rings is 1. The monoisotopic (exact) mass is 484 g/mol. The van der Waals surface area contributed by atoms with E-state index in [1.807, 2.05) is 0 Å². The molecule has 0 spiro atoms. The third-order valence-electron chi connectivity index (χ3n) is 5.69. The van der Waals surface area contributed by atoms with E-state index in [4.69, 9.17) is 4.74 Å². The van der Waals surface area contributed by atoms with E-state index in [0.717, 1.165) is 0 Å². The van der Waals surface area contributed by atoms with Crippen LogP contribution >= 0.6 is 0 Å². The fourth-order valence-corrected chi connectivity index (χ4v) is 4.10. The van der Waals surface area contributed by atoms with Crippen LogP contribution in [0.1, 0.15) is 17.3 Å². The number of amides is 1. The number of hydrogen-bond acceptors (Lipinski definition) is 5. The van der Waals surface area contributed by atoms with E-state index in [0.29, 0.717) is 28.0 Å². The molecule has 1 amide bonds. The summed E-state index contributed by atoms with van der Waals surface area (Å²) in [5.41, 5.74) is 2.38.